The van der Waals surface area contributed by atoms with E-state index in [1.54, 1.807) is 5.38 Å². The van der Waals surface area contributed by atoms with E-state index in [1.807, 2.05) is 0 Å². The van der Waals surface area contributed by atoms with Gasteiger partial charge >= 0.3 is 5.97 Å². The highest BCUT2D eigenvalue weighted by atomic mass is 32.1. The third-order valence-electron chi connectivity index (χ3n) is 1.29. The van der Waals surface area contributed by atoms with Crippen molar-refractivity contribution in [2.24, 2.45) is 0 Å². The van der Waals surface area contributed by atoms with Gasteiger partial charge in [0.15, 0.2) is 0 Å². The fourth-order valence-corrected chi connectivity index (χ4v) is 1.38. The van der Waals surface area contributed by atoms with Crippen molar-refractivity contribution in [2.45, 2.75) is 13.0 Å². The Morgan fingerprint density at radius 3 is 3.08 bits per heavy atom. The van der Waals surface area contributed by atoms with Gasteiger partial charge < -0.3 is 9.84 Å². The zero-order valence-electron chi connectivity index (χ0n) is 6.61. The summed E-state index contributed by atoms with van der Waals surface area (Å²) in [6, 6.07) is 0. The quantitative estimate of drug-likeness (QED) is 0.694. The van der Waals surface area contributed by atoms with Crippen LogP contribution in [-0.4, -0.2) is 23.2 Å². The molecule has 4 nitrogen and oxygen atoms in total. The molecule has 1 aromatic heterocycles. The van der Waals surface area contributed by atoms with Gasteiger partial charge in [0.25, 0.3) is 0 Å². The van der Waals surface area contributed by atoms with Crippen LogP contribution in [0.2, 0.25) is 0 Å². The van der Waals surface area contributed by atoms with Crippen LogP contribution >= 0.6 is 11.3 Å². The zero-order valence-corrected chi connectivity index (χ0v) is 7.43. The maximum absolute atomic E-state index is 10.8. The molecule has 1 N–H and O–H groups in total. The van der Waals surface area contributed by atoms with Crippen LogP contribution in [0.4, 0.5) is 0 Å². The van der Waals surface area contributed by atoms with Gasteiger partial charge in [-0.25, -0.2) is 4.98 Å². The second kappa shape index (κ2) is 4.18. The van der Waals surface area contributed by atoms with Gasteiger partial charge in [-0.1, -0.05) is 0 Å². The van der Waals surface area contributed by atoms with Crippen molar-refractivity contribution >= 4 is 17.3 Å². The number of ether oxygens (including phenoxy) is 1. The van der Waals surface area contributed by atoms with Crippen LogP contribution in [0.25, 0.3) is 0 Å². The van der Waals surface area contributed by atoms with E-state index in [0.717, 1.165) is 0 Å². The van der Waals surface area contributed by atoms with Gasteiger partial charge in [-0.15, -0.1) is 11.3 Å². The average molecular weight is 187 g/mol. The van der Waals surface area contributed by atoms with Gasteiger partial charge in [-0.05, 0) is 0 Å². The second-order valence-corrected chi connectivity index (χ2v) is 3.09. The minimum absolute atomic E-state index is 0.0775. The number of esters is 1. The number of rotatable bonds is 3. The van der Waals surface area contributed by atoms with E-state index in [0.29, 0.717) is 10.7 Å². The summed E-state index contributed by atoms with van der Waals surface area (Å²) in [6.45, 7) is -0.0775. The Hall–Kier alpha value is -0.940. The van der Waals surface area contributed by atoms with E-state index < -0.39 is 0 Å². The number of aliphatic hydroxyl groups is 1. The largest absolute Gasteiger partial charge is 0.469 e. The molecule has 0 bridgehead atoms. The van der Waals surface area contributed by atoms with Gasteiger partial charge in [0.1, 0.15) is 5.01 Å². The molecule has 0 atom stereocenters. The number of hydrogen-bond acceptors (Lipinski definition) is 5. The predicted molar refractivity (Wildman–Crippen MR) is 43.8 cm³/mol. The third kappa shape index (κ3) is 2.28. The van der Waals surface area contributed by atoms with Gasteiger partial charge in [0.2, 0.25) is 0 Å². The number of aromatic nitrogens is 1. The molecule has 0 aromatic carbocycles. The molecular weight excluding hydrogens is 178 g/mol. The molecule has 0 spiro atoms. The Bertz CT molecular complexity index is 271. The fourth-order valence-electron chi connectivity index (χ4n) is 0.723. The summed E-state index contributed by atoms with van der Waals surface area (Å²) in [6.07, 6.45) is 0.174. The van der Waals surface area contributed by atoms with Gasteiger partial charge in [0.05, 0.1) is 25.8 Å². The molecule has 0 fully saturated rings. The summed E-state index contributed by atoms with van der Waals surface area (Å²) in [5, 5.41) is 11.0. The summed E-state index contributed by atoms with van der Waals surface area (Å²) >= 11 is 1.33. The van der Waals surface area contributed by atoms with Crippen molar-refractivity contribution in [3.05, 3.63) is 16.1 Å². The normalized spacial score (nSPS) is 9.83. The zero-order chi connectivity index (χ0) is 8.97. The molecule has 12 heavy (non-hydrogen) atoms. The number of aliphatic hydroxyl groups excluding tert-OH is 1. The van der Waals surface area contributed by atoms with E-state index in [9.17, 15) is 4.79 Å². The van der Waals surface area contributed by atoms with Crippen LogP contribution in [0.3, 0.4) is 0 Å². The van der Waals surface area contributed by atoms with Crippen molar-refractivity contribution in [2.75, 3.05) is 7.11 Å². The first-order chi connectivity index (χ1) is 5.76. The SMILES string of the molecule is COC(=O)Cc1csc(CO)n1. The van der Waals surface area contributed by atoms with Crippen molar-refractivity contribution in [3.8, 4) is 0 Å². The number of hydrogen-bond donors (Lipinski definition) is 1. The lowest BCUT2D eigenvalue weighted by Gasteiger charge is -1.93. The van der Waals surface area contributed by atoms with Crippen LogP contribution in [0.5, 0.6) is 0 Å². The van der Waals surface area contributed by atoms with Crippen LogP contribution in [0.1, 0.15) is 10.7 Å². The Morgan fingerprint density at radius 2 is 2.58 bits per heavy atom. The number of carbonyl (C=O) groups excluding carboxylic acids is 1. The molecule has 0 saturated heterocycles. The third-order valence-corrected chi connectivity index (χ3v) is 2.17. The lowest BCUT2D eigenvalue weighted by atomic mass is 10.3. The molecule has 0 radical (unpaired) electrons. The van der Waals surface area contributed by atoms with Crippen LogP contribution < -0.4 is 0 Å². The predicted octanol–water partition coefficient (Wildman–Crippen LogP) is 0.351. The minimum atomic E-state index is -0.315. The maximum atomic E-state index is 10.8. The summed E-state index contributed by atoms with van der Waals surface area (Å²) < 4.78 is 4.46. The molecule has 1 heterocycles. The fraction of sp³-hybridized carbons (Fsp3) is 0.429. The van der Waals surface area contributed by atoms with E-state index in [-0.39, 0.29) is 19.0 Å². The van der Waals surface area contributed by atoms with Crippen LogP contribution in [0.15, 0.2) is 5.38 Å². The summed E-state index contributed by atoms with van der Waals surface area (Å²) in [7, 11) is 1.33. The van der Waals surface area contributed by atoms with E-state index in [1.165, 1.54) is 18.4 Å². The standard InChI is InChI=1S/C7H9NO3S/c1-11-7(10)2-5-4-12-6(3-9)8-5/h4,9H,2-3H2,1H3. The van der Waals surface area contributed by atoms with E-state index in [2.05, 4.69) is 9.72 Å². The molecule has 0 unspecified atom stereocenters. The number of carbonyl (C=O) groups is 1. The van der Waals surface area contributed by atoms with Gasteiger partial charge in [0, 0.05) is 5.38 Å². The van der Waals surface area contributed by atoms with Crippen molar-refractivity contribution in [1.82, 2.24) is 4.98 Å². The van der Waals surface area contributed by atoms with Crippen LogP contribution in [-0.2, 0) is 22.6 Å². The Kier molecular flexibility index (Phi) is 3.19. The molecule has 0 aliphatic carbocycles. The highest BCUT2D eigenvalue weighted by Crippen LogP contribution is 2.09. The second-order valence-electron chi connectivity index (χ2n) is 2.14. The molecule has 0 saturated carbocycles. The first-order valence-electron chi connectivity index (χ1n) is 3.37. The number of thiazole rings is 1. The molecule has 0 amide bonds. The maximum Gasteiger partial charge on any atom is 0.311 e. The van der Waals surface area contributed by atoms with Crippen molar-refractivity contribution < 1.29 is 14.6 Å². The van der Waals surface area contributed by atoms with E-state index in [4.69, 9.17) is 5.11 Å². The molecule has 5 heteroatoms. The summed E-state index contributed by atoms with van der Waals surface area (Å²) in [4.78, 5) is 14.7. The monoisotopic (exact) mass is 187 g/mol. The first-order valence-corrected chi connectivity index (χ1v) is 4.25. The summed E-state index contributed by atoms with van der Waals surface area (Å²) in [5.74, 6) is -0.315. The minimum Gasteiger partial charge on any atom is -0.469 e. The molecule has 0 aliphatic rings. The van der Waals surface area contributed by atoms with Crippen molar-refractivity contribution in [1.29, 1.82) is 0 Å². The van der Waals surface area contributed by atoms with Gasteiger partial charge in [-0.3, -0.25) is 4.79 Å². The van der Waals surface area contributed by atoms with Crippen molar-refractivity contribution in [3.63, 3.8) is 0 Å². The Morgan fingerprint density at radius 1 is 1.83 bits per heavy atom. The Labute approximate surface area is 73.8 Å². The Balaban J connectivity index is 2.58. The number of methoxy groups -OCH3 is 1. The molecule has 66 valence electrons. The highest BCUT2D eigenvalue weighted by Gasteiger charge is 2.06. The lowest BCUT2D eigenvalue weighted by molar-refractivity contribution is -0.139. The van der Waals surface area contributed by atoms with E-state index >= 15 is 0 Å². The highest BCUT2D eigenvalue weighted by molar-refractivity contribution is 7.09. The molecular formula is C7H9NO3S. The molecule has 0 aliphatic heterocycles. The van der Waals surface area contributed by atoms with Crippen LogP contribution in [0, 0.1) is 0 Å². The summed E-state index contributed by atoms with van der Waals surface area (Å²) in [5.41, 5.74) is 0.649. The van der Waals surface area contributed by atoms with Gasteiger partial charge in [-0.2, -0.15) is 0 Å². The molecule has 1 rings (SSSR count). The smallest absolute Gasteiger partial charge is 0.311 e. The first kappa shape index (κ1) is 9.15. The lowest BCUT2D eigenvalue weighted by Crippen LogP contribution is -2.04. The number of nitrogens with zero attached hydrogens (tertiary/aromatic N) is 1. The molecule has 1 aromatic rings. The average Bonchev–Trinajstić information content (AvgIpc) is 2.52. The topological polar surface area (TPSA) is 59.4 Å².